The molecule has 0 saturated carbocycles. The Morgan fingerprint density at radius 1 is 1.33 bits per heavy atom. The summed E-state index contributed by atoms with van der Waals surface area (Å²) in [5.74, 6) is 0.0824. The van der Waals surface area contributed by atoms with E-state index < -0.39 is 9.84 Å². The van der Waals surface area contributed by atoms with E-state index in [1.54, 1.807) is 6.07 Å². The van der Waals surface area contributed by atoms with Crippen molar-refractivity contribution in [2.75, 3.05) is 24.6 Å². The van der Waals surface area contributed by atoms with Crippen molar-refractivity contribution in [3.63, 3.8) is 0 Å². The summed E-state index contributed by atoms with van der Waals surface area (Å²) in [6, 6.07) is 6.16. The Morgan fingerprint density at radius 2 is 2.10 bits per heavy atom. The molecule has 2 unspecified atom stereocenters. The number of benzene rings is 1. The summed E-state index contributed by atoms with van der Waals surface area (Å²) in [7, 11) is -2.96. The molecule has 1 aliphatic rings. The van der Waals surface area contributed by atoms with E-state index in [4.69, 9.17) is 5.73 Å². The smallest absolute Gasteiger partial charge is 0.151 e. The Bertz CT molecular complexity index is 577. The normalized spacial score (nSPS) is 22.4. The number of hydrogen-bond donors (Lipinski definition) is 1. The molecular formula is C15H23FN2O2S. The molecule has 1 aliphatic heterocycles. The van der Waals surface area contributed by atoms with Crippen LogP contribution in [0.2, 0.25) is 0 Å². The van der Waals surface area contributed by atoms with E-state index in [9.17, 15) is 12.8 Å². The van der Waals surface area contributed by atoms with E-state index in [0.29, 0.717) is 19.5 Å². The maximum atomic E-state index is 13.5. The molecule has 0 aliphatic carbocycles. The first-order valence-corrected chi connectivity index (χ1v) is 9.20. The molecular weight excluding hydrogens is 291 g/mol. The molecule has 21 heavy (non-hydrogen) atoms. The van der Waals surface area contributed by atoms with Gasteiger partial charge < -0.3 is 5.73 Å². The Hall–Kier alpha value is -0.980. The van der Waals surface area contributed by atoms with Gasteiger partial charge in [-0.1, -0.05) is 19.1 Å². The van der Waals surface area contributed by atoms with Gasteiger partial charge in [0.1, 0.15) is 5.82 Å². The highest BCUT2D eigenvalue weighted by Crippen LogP contribution is 2.27. The van der Waals surface area contributed by atoms with Crippen molar-refractivity contribution in [2.45, 2.75) is 31.8 Å². The van der Waals surface area contributed by atoms with Gasteiger partial charge in [-0.2, -0.15) is 0 Å². The van der Waals surface area contributed by atoms with Crippen LogP contribution >= 0.6 is 0 Å². The van der Waals surface area contributed by atoms with Crippen molar-refractivity contribution < 1.29 is 12.8 Å². The van der Waals surface area contributed by atoms with Crippen molar-refractivity contribution in [2.24, 2.45) is 5.73 Å². The predicted octanol–water partition coefficient (Wildman–Crippen LogP) is 1.72. The number of nitrogens with zero attached hydrogens (tertiary/aromatic N) is 1. The van der Waals surface area contributed by atoms with Crippen LogP contribution < -0.4 is 5.73 Å². The standard InChI is InChI=1S/C15H23FN2O2S/c1-2-14(17)15(12-5-3-6-13(16)11-12)18-7-4-9-21(19,20)10-8-18/h3,5-6,11,14-15H,2,4,7-10,17H2,1H3. The highest BCUT2D eigenvalue weighted by atomic mass is 32.2. The van der Waals surface area contributed by atoms with Crippen LogP contribution in [0.3, 0.4) is 0 Å². The molecule has 2 atom stereocenters. The summed E-state index contributed by atoms with van der Waals surface area (Å²) >= 11 is 0. The zero-order valence-corrected chi connectivity index (χ0v) is 13.2. The predicted molar refractivity (Wildman–Crippen MR) is 82.3 cm³/mol. The SMILES string of the molecule is CCC(N)C(c1cccc(F)c1)N1CCCS(=O)(=O)CC1. The number of rotatable bonds is 4. The molecule has 0 radical (unpaired) electrons. The maximum Gasteiger partial charge on any atom is 0.151 e. The van der Waals surface area contributed by atoms with Gasteiger partial charge in [0, 0.05) is 18.6 Å². The minimum atomic E-state index is -2.96. The number of halogens is 1. The second-order valence-electron chi connectivity index (χ2n) is 5.61. The maximum absolute atomic E-state index is 13.5. The summed E-state index contributed by atoms with van der Waals surface area (Å²) in [6.07, 6.45) is 1.36. The van der Waals surface area contributed by atoms with Crippen molar-refractivity contribution in [1.82, 2.24) is 4.90 Å². The van der Waals surface area contributed by atoms with Gasteiger partial charge >= 0.3 is 0 Å². The Balaban J connectivity index is 2.28. The van der Waals surface area contributed by atoms with Crippen molar-refractivity contribution in [3.05, 3.63) is 35.6 Å². The minimum Gasteiger partial charge on any atom is -0.326 e. The lowest BCUT2D eigenvalue weighted by Crippen LogP contribution is -2.42. The molecule has 0 amide bonds. The van der Waals surface area contributed by atoms with Gasteiger partial charge in [-0.3, -0.25) is 4.90 Å². The fourth-order valence-electron chi connectivity index (χ4n) is 2.88. The average Bonchev–Trinajstić information content (AvgIpc) is 2.60. The molecule has 2 rings (SSSR count). The molecule has 1 fully saturated rings. The van der Waals surface area contributed by atoms with Crippen LogP contribution in [0.4, 0.5) is 4.39 Å². The molecule has 1 saturated heterocycles. The Morgan fingerprint density at radius 3 is 2.76 bits per heavy atom. The second kappa shape index (κ2) is 6.85. The third-order valence-corrected chi connectivity index (χ3v) is 5.77. The highest BCUT2D eigenvalue weighted by molar-refractivity contribution is 7.91. The van der Waals surface area contributed by atoms with Crippen LogP contribution in [0.25, 0.3) is 0 Å². The summed E-state index contributed by atoms with van der Waals surface area (Å²) < 4.78 is 37.0. The first-order chi connectivity index (χ1) is 9.93. The van der Waals surface area contributed by atoms with E-state index in [-0.39, 0.29) is 29.4 Å². The molecule has 2 N–H and O–H groups in total. The van der Waals surface area contributed by atoms with Crippen molar-refractivity contribution in [1.29, 1.82) is 0 Å². The number of hydrogen-bond acceptors (Lipinski definition) is 4. The molecule has 1 heterocycles. The number of nitrogens with two attached hydrogens (primary N) is 1. The summed E-state index contributed by atoms with van der Waals surface area (Å²) in [4.78, 5) is 2.09. The van der Waals surface area contributed by atoms with E-state index in [2.05, 4.69) is 4.90 Å². The van der Waals surface area contributed by atoms with Gasteiger partial charge in [0.2, 0.25) is 0 Å². The summed E-state index contributed by atoms with van der Waals surface area (Å²) in [5.41, 5.74) is 7.06. The van der Waals surface area contributed by atoms with E-state index in [1.807, 2.05) is 13.0 Å². The molecule has 118 valence electrons. The lowest BCUT2D eigenvalue weighted by atomic mass is 9.96. The molecule has 1 aromatic rings. The summed E-state index contributed by atoms with van der Waals surface area (Å²) in [5, 5.41) is 0. The van der Waals surface area contributed by atoms with Gasteiger partial charge in [-0.15, -0.1) is 0 Å². The molecule has 0 bridgehead atoms. The minimum absolute atomic E-state index is 0.140. The average molecular weight is 314 g/mol. The molecule has 0 aromatic heterocycles. The number of sulfone groups is 1. The van der Waals surface area contributed by atoms with Crippen LogP contribution in [-0.2, 0) is 9.84 Å². The van der Waals surface area contributed by atoms with Crippen LogP contribution in [0.5, 0.6) is 0 Å². The second-order valence-corrected chi connectivity index (χ2v) is 7.92. The zero-order chi connectivity index (χ0) is 15.5. The fraction of sp³-hybridized carbons (Fsp3) is 0.600. The van der Waals surface area contributed by atoms with Crippen molar-refractivity contribution >= 4 is 9.84 Å². The zero-order valence-electron chi connectivity index (χ0n) is 12.3. The van der Waals surface area contributed by atoms with E-state index in [0.717, 1.165) is 12.0 Å². The third kappa shape index (κ3) is 4.25. The van der Waals surface area contributed by atoms with Crippen molar-refractivity contribution in [3.8, 4) is 0 Å². The third-order valence-electron chi connectivity index (χ3n) is 4.05. The first-order valence-electron chi connectivity index (χ1n) is 7.38. The molecule has 6 heteroatoms. The van der Waals surface area contributed by atoms with E-state index >= 15 is 0 Å². The van der Waals surface area contributed by atoms with Gasteiger partial charge in [0.25, 0.3) is 0 Å². The van der Waals surface area contributed by atoms with Crippen LogP contribution in [0.1, 0.15) is 31.4 Å². The fourth-order valence-corrected chi connectivity index (χ4v) is 4.16. The van der Waals surface area contributed by atoms with Crippen LogP contribution in [-0.4, -0.2) is 44.0 Å². The van der Waals surface area contributed by atoms with Crippen LogP contribution in [0.15, 0.2) is 24.3 Å². The summed E-state index contributed by atoms with van der Waals surface area (Å²) in [6.45, 7) is 3.12. The van der Waals surface area contributed by atoms with Gasteiger partial charge in [-0.05, 0) is 37.1 Å². The van der Waals surface area contributed by atoms with Gasteiger partial charge in [-0.25, -0.2) is 12.8 Å². The highest BCUT2D eigenvalue weighted by Gasteiger charge is 2.29. The molecule has 1 aromatic carbocycles. The quantitative estimate of drug-likeness (QED) is 0.919. The topological polar surface area (TPSA) is 63.4 Å². The first kappa shape index (κ1) is 16.4. The Labute approximate surface area is 126 Å². The Kier molecular flexibility index (Phi) is 5.35. The van der Waals surface area contributed by atoms with Gasteiger partial charge in [0.05, 0.1) is 11.5 Å². The monoisotopic (exact) mass is 314 g/mol. The lowest BCUT2D eigenvalue weighted by Gasteiger charge is -2.34. The largest absolute Gasteiger partial charge is 0.326 e. The lowest BCUT2D eigenvalue weighted by molar-refractivity contribution is 0.182. The van der Waals surface area contributed by atoms with E-state index in [1.165, 1.54) is 12.1 Å². The van der Waals surface area contributed by atoms with Crippen LogP contribution in [0, 0.1) is 5.82 Å². The molecule has 0 spiro atoms. The molecule has 4 nitrogen and oxygen atoms in total. The van der Waals surface area contributed by atoms with Gasteiger partial charge in [0.15, 0.2) is 9.84 Å².